The smallest absolute Gasteiger partial charge is 0.224 e. The Morgan fingerprint density at radius 2 is 2.11 bits per heavy atom. The molecular formula is C14H17N3O2. The first-order valence-corrected chi connectivity index (χ1v) is 6.24. The number of hydrogen-bond donors (Lipinski definition) is 2. The van der Waals surface area contributed by atoms with Gasteiger partial charge in [0.05, 0.1) is 19.2 Å². The van der Waals surface area contributed by atoms with Gasteiger partial charge in [-0.05, 0) is 24.6 Å². The maximum Gasteiger partial charge on any atom is 0.224 e. The van der Waals surface area contributed by atoms with Gasteiger partial charge in [0.1, 0.15) is 5.75 Å². The summed E-state index contributed by atoms with van der Waals surface area (Å²) in [6.45, 7) is 3.08. The lowest BCUT2D eigenvalue weighted by molar-refractivity contribution is -0.120. The fourth-order valence-corrected chi connectivity index (χ4v) is 1.69. The molecule has 5 heteroatoms. The van der Waals surface area contributed by atoms with Crippen LogP contribution in [0, 0.1) is 0 Å². The standard InChI is InChI=1S/C14H17N3O2/c1-2-19-13-5-3-11(4-6-13)7-14(18)15-8-12-9-16-17-10-12/h3-6,9-10H,2,7-8H2,1H3,(H,15,18)(H,16,17). The predicted molar refractivity (Wildman–Crippen MR) is 71.7 cm³/mol. The maximum absolute atomic E-state index is 11.7. The van der Waals surface area contributed by atoms with Crippen LogP contribution < -0.4 is 10.1 Å². The third kappa shape index (κ3) is 4.13. The number of hydrogen-bond acceptors (Lipinski definition) is 3. The molecule has 0 atom stereocenters. The Hall–Kier alpha value is -2.30. The molecule has 0 fully saturated rings. The van der Waals surface area contributed by atoms with Crippen molar-refractivity contribution < 1.29 is 9.53 Å². The van der Waals surface area contributed by atoms with Crippen molar-refractivity contribution in [2.45, 2.75) is 19.9 Å². The van der Waals surface area contributed by atoms with Crippen molar-refractivity contribution in [2.75, 3.05) is 6.61 Å². The lowest BCUT2D eigenvalue weighted by Crippen LogP contribution is -2.24. The van der Waals surface area contributed by atoms with Crippen molar-refractivity contribution in [3.63, 3.8) is 0 Å². The SMILES string of the molecule is CCOc1ccc(CC(=O)NCc2cn[nH]c2)cc1. The molecule has 0 bridgehead atoms. The highest BCUT2D eigenvalue weighted by molar-refractivity contribution is 5.78. The second-order valence-electron chi connectivity index (χ2n) is 4.14. The molecule has 0 saturated heterocycles. The number of H-pyrrole nitrogens is 1. The van der Waals surface area contributed by atoms with Gasteiger partial charge in [0.15, 0.2) is 0 Å². The minimum Gasteiger partial charge on any atom is -0.494 e. The zero-order valence-electron chi connectivity index (χ0n) is 10.8. The third-order valence-electron chi connectivity index (χ3n) is 2.64. The number of carbonyl (C=O) groups is 1. The number of rotatable bonds is 6. The number of benzene rings is 1. The first kappa shape index (κ1) is 13.1. The largest absolute Gasteiger partial charge is 0.494 e. The van der Waals surface area contributed by atoms with Gasteiger partial charge in [0, 0.05) is 18.3 Å². The summed E-state index contributed by atoms with van der Waals surface area (Å²) >= 11 is 0. The Bertz CT molecular complexity index is 506. The van der Waals surface area contributed by atoms with Crippen LogP contribution >= 0.6 is 0 Å². The monoisotopic (exact) mass is 259 g/mol. The quantitative estimate of drug-likeness (QED) is 0.829. The van der Waals surface area contributed by atoms with Crippen molar-refractivity contribution in [1.29, 1.82) is 0 Å². The number of nitrogens with one attached hydrogen (secondary N) is 2. The second-order valence-corrected chi connectivity index (χ2v) is 4.14. The fraction of sp³-hybridized carbons (Fsp3) is 0.286. The molecule has 1 heterocycles. The molecule has 1 aromatic heterocycles. The van der Waals surface area contributed by atoms with E-state index in [1.807, 2.05) is 31.2 Å². The second kappa shape index (κ2) is 6.58. The van der Waals surface area contributed by atoms with E-state index in [0.717, 1.165) is 16.9 Å². The van der Waals surface area contributed by atoms with E-state index >= 15 is 0 Å². The number of aromatic nitrogens is 2. The Balaban J connectivity index is 1.81. The average Bonchev–Trinajstić information content (AvgIpc) is 2.92. The number of aromatic amines is 1. The minimum absolute atomic E-state index is 0.00893. The number of amides is 1. The molecule has 5 nitrogen and oxygen atoms in total. The van der Waals surface area contributed by atoms with Gasteiger partial charge >= 0.3 is 0 Å². The summed E-state index contributed by atoms with van der Waals surface area (Å²) in [4.78, 5) is 11.7. The first-order chi connectivity index (χ1) is 9.28. The summed E-state index contributed by atoms with van der Waals surface area (Å²) in [5, 5.41) is 9.37. The van der Waals surface area contributed by atoms with Gasteiger partial charge in [-0.3, -0.25) is 9.89 Å². The highest BCUT2D eigenvalue weighted by Crippen LogP contribution is 2.12. The van der Waals surface area contributed by atoms with Crippen LogP contribution in [0.25, 0.3) is 0 Å². The van der Waals surface area contributed by atoms with Crippen LogP contribution in [-0.4, -0.2) is 22.7 Å². The van der Waals surface area contributed by atoms with Crippen molar-refractivity contribution in [3.05, 3.63) is 47.8 Å². The average molecular weight is 259 g/mol. The molecule has 2 rings (SSSR count). The Labute approximate surface area is 112 Å². The third-order valence-corrected chi connectivity index (χ3v) is 2.64. The number of ether oxygens (including phenoxy) is 1. The normalized spacial score (nSPS) is 10.2. The summed E-state index contributed by atoms with van der Waals surface area (Å²) in [6.07, 6.45) is 3.82. The molecule has 0 aliphatic carbocycles. The summed E-state index contributed by atoms with van der Waals surface area (Å²) < 4.78 is 5.35. The van der Waals surface area contributed by atoms with E-state index in [4.69, 9.17) is 4.74 Å². The summed E-state index contributed by atoms with van der Waals surface area (Å²) in [7, 11) is 0. The van der Waals surface area contributed by atoms with Gasteiger partial charge in [-0.1, -0.05) is 12.1 Å². The Morgan fingerprint density at radius 3 is 2.74 bits per heavy atom. The van der Waals surface area contributed by atoms with Crippen LogP contribution in [0.4, 0.5) is 0 Å². The van der Waals surface area contributed by atoms with E-state index < -0.39 is 0 Å². The highest BCUT2D eigenvalue weighted by Gasteiger charge is 2.04. The molecule has 1 aromatic carbocycles. The molecule has 0 saturated carbocycles. The molecule has 0 radical (unpaired) electrons. The summed E-state index contributed by atoms with van der Waals surface area (Å²) in [6, 6.07) is 7.56. The number of nitrogens with zero attached hydrogens (tertiary/aromatic N) is 1. The molecule has 0 unspecified atom stereocenters. The van der Waals surface area contributed by atoms with Crippen molar-refractivity contribution >= 4 is 5.91 Å². The van der Waals surface area contributed by atoms with Crippen LogP contribution in [0.1, 0.15) is 18.1 Å². The van der Waals surface area contributed by atoms with E-state index in [0.29, 0.717) is 19.6 Å². The van der Waals surface area contributed by atoms with Crippen molar-refractivity contribution in [3.8, 4) is 5.75 Å². The van der Waals surface area contributed by atoms with E-state index in [2.05, 4.69) is 15.5 Å². The molecule has 1 amide bonds. The lowest BCUT2D eigenvalue weighted by Gasteiger charge is -2.06. The minimum atomic E-state index is -0.00893. The van der Waals surface area contributed by atoms with Crippen LogP contribution in [0.5, 0.6) is 5.75 Å². The Kier molecular flexibility index (Phi) is 4.55. The van der Waals surface area contributed by atoms with Crippen LogP contribution in [0.15, 0.2) is 36.7 Å². The fourth-order valence-electron chi connectivity index (χ4n) is 1.69. The van der Waals surface area contributed by atoms with Crippen LogP contribution in [0.3, 0.4) is 0 Å². The van der Waals surface area contributed by atoms with Gasteiger partial charge < -0.3 is 10.1 Å². The van der Waals surface area contributed by atoms with Gasteiger partial charge in [0.25, 0.3) is 0 Å². The topological polar surface area (TPSA) is 67.0 Å². The molecule has 2 N–H and O–H groups in total. The molecular weight excluding hydrogens is 242 g/mol. The van der Waals surface area contributed by atoms with Gasteiger partial charge in [0.2, 0.25) is 5.91 Å². The van der Waals surface area contributed by atoms with Crippen molar-refractivity contribution in [1.82, 2.24) is 15.5 Å². The summed E-state index contributed by atoms with van der Waals surface area (Å²) in [5.74, 6) is 0.815. The Morgan fingerprint density at radius 1 is 1.32 bits per heavy atom. The van der Waals surface area contributed by atoms with E-state index in [9.17, 15) is 4.79 Å². The number of carbonyl (C=O) groups excluding carboxylic acids is 1. The van der Waals surface area contributed by atoms with Crippen LogP contribution in [-0.2, 0) is 17.8 Å². The van der Waals surface area contributed by atoms with Crippen molar-refractivity contribution in [2.24, 2.45) is 0 Å². The summed E-state index contributed by atoms with van der Waals surface area (Å²) in [5.41, 5.74) is 1.92. The van der Waals surface area contributed by atoms with Gasteiger partial charge in [-0.2, -0.15) is 5.10 Å². The molecule has 19 heavy (non-hydrogen) atoms. The van der Waals surface area contributed by atoms with E-state index in [1.165, 1.54) is 0 Å². The molecule has 100 valence electrons. The maximum atomic E-state index is 11.7. The highest BCUT2D eigenvalue weighted by atomic mass is 16.5. The van der Waals surface area contributed by atoms with Gasteiger partial charge in [-0.15, -0.1) is 0 Å². The van der Waals surface area contributed by atoms with E-state index in [1.54, 1.807) is 12.4 Å². The zero-order valence-corrected chi connectivity index (χ0v) is 10.8. The molecule has 0 aliphatic rings. The van der Waals surface area contributed by atoms with Crippen LogP contribution in [0.2, 0.25) is 0 Å². The predicted octanol–water partition coefficient (Wildman–Crippen LogP) is 1.67. The zero-order chi connectivity index (χ0) is 13.5. The molecule has 0 aliphatic heterocycles. The van der Waals surface area contributed by atoms with Gasteiger partial charge in [-0.25, -0.2) is 0 Å². The molecule has 0 spiro atoms. The lowest BCUT2D eigenvalue weighted by atomic mass is 10.1. The first-order valence-electron chi connectivity index (χ1n) is 6.24. The molecule has 2 aromatic rings. The van der Waals surface area contributed by atoms with E-state index in [-0.39, 0.29) is 5.91 Å².